The Morgan fingerprint density at radius 2 is 1.84 bits per heavy atom. The number of nitrogens with zero attached hydrogens (tertiary/aromatic N) is 1. The second kappa shape index (κ2) is 7.49. The first-order valence-electron chi connectivity index (χ1n) is 7.48. The second-order valence-electron chi connectivity index (χ2n) is 5.51. The average molecular weight is 365 g/mol. The molecule has 25 heavy (non-hydrogen) atoms. The highest BCUT2D eigenvalue weighted by atomic mass is 32.2. The van der Waals surface area contributed by atoms with Crippen LogP contribution in [0.3, 0.4) is 0 Å². The molecule has 0 aliphatic rings. The van der Waals surface area contributed by atoms with E-state index in [-0.39, 0.29) is 29.4 Å². The average Bonchev–Trinajstić information content (AvgIpc) is 2.52. The fraction of sp³-hybridized carbons (Fsp3) is 0.250. The number of nitro groups is 1. The van der Waals surface area contributed by atoms with Gasteiger partial charge in [-0.05, 0) is 31.5 Å². The largest absolute Gasteiger partial charge is 0.395 e. The molecule has 8 nitrogen and oxygen atoms in total. The highest BCUT2D eigenvalue weighted by Crippen LogP contribution is 2.30. The third-order valence-electron chi connectivity index (χ3n) is 3.51. The van der Waals surface area contributed by atoms with Gasteiger partial charge < -0.3 is 10.4 Å². The van der Waals surface area contributed by atoms with Crippen molar-refractivity contribution in [1.29, 1.82) is 0 Å². The van der Waals surface area contributed by atoms with Crippen molar-refractivity contribution in [2.24, 2.45) is 0 Å². The van der Waals surface area contributed by atoms with Gasteiger partial charge in [-0.25, -0.2) is 8.42 Å². The number of aliphatic hydroxyl groups is 1. The molecule has 0 fully saturated rings. The van der Waals surface area contributed by atoms with E-state index in [0.29, 0.717) is 11.3 Å². The minimum atomic E-state index is -3.93. The number of aryl methyl sites for hydroxylation is 2. The van der Waals surface area contributed by atoms with Crippen LogP contribution < -0.4 is 10.0 Å². The van der Waals surface area contributed by atoms with Crippen LogP contribution in [0.15, 0.2) is 41.3 Å². The Balaban J connectivity index is 2.45. The molecule has 0 saturated heterocycles. The van der Waals surface area contributed by atoms with Crippen LogP contribution in [-0.4, -0.2) is 31.6 Å². The van der Waals surface area contributed by atoms with Crippen LogP contribution in [0.25, 0.3) is 0 Å². The van der Waals surface area contributed by atoms with E-state index in [1.54, 1.807) is 19.1 Å². The minimum Gasteiger partial charge on any atom is -0.395 e. The lowest BCUT2D eigenvalue weighted by Crippen LogP contribution is -2.16. The third-order valence-corrected chi connectivity index (χ3v) is 5.03. The number of non-ortho nitro benzene ring substituents is 1. The van der Waals surface area contributed by atoms with E-state index >= 15 is 0 Å². The molecule has 2 aromatic carbocycles. The molecule has 9 heteroatoms. The smallest absolute Gasteiger partial charge is 0.271 e. The van der Waals surface area contributed by atoms with Crippen LogP contribution in [0.4, 0.5) is 17.1 Å². The molecular formula is C16H19N3O5S. The lowest BCUT2D eigenvalue weighted by molar-refractivity contribution is -0.384. The highest BCUT2D eigenvalue weighted by molar-refractivity contribution is 7.92. The maximum absolute atomic E-state index is 12.7. The standard InChI is InChI=1S/C16H19N3O5S/c1-11-3-6-16(12(2)9-11)25(23,24)18-15-10-13(19(21)22)4-5-14(15)17-7-8-20/h3-6,9-10,17-18,20H,7-8H2,1-2H3. The number of hydrogen-bond acceptors (Lipinski definition) is 6. The summed E-state index contributed by atoms with van der Waals surface area (Å²) >= 11 is 0. The molecule has 0 saturated carbocycles. The van der Waals surface area contributed by atoms with Crippen molar-refractivity contribution in [2.75, 3.05) is 23.2 Å². The van der Waals surface area contributed by atoms with E-state index in [4.69, 9.17) is 5.11 Å². The lowest BCUT2D eigenvalue weighted by Gasteiger charge is -2.15. The summed E-state index contributed by atoms with van der Waals surface area (Å²) in [6, 6.07) is 8.71. The SMILES string of the molecule is Cc1ccc(S(=O)(=O)Nc2cc([N+](=O)[O-])ccc2NCCO)c(C)c1. The van der Waals surface area contributed by atoms with Gasteiger partial charge in [0.2, 0.25) is 0 Å². The number of hydrogen-bond donors (Lipinski definition) is 3. The molecule has 134 valence electrons. The first kappa shape index (κ1) is 18.7. The van der Waals surface area contributed by atoms with Crippen molar-refractivity contribution in [1.82, 2.24) is 0 Å². The Morgan fingerprint density at radius 3 is 2.44 bits per heavy atom. The summed E-state index contributed by atoms with van der Waals surface area (Å²) in [6.45, 7) is 3.55. The Kier molecular flexibility index (Phi) is 5.60. The molecule has 0 aliphatic heterocycles. The van der Waals surface area contributed by atoms with E-state index in [1.165, 1.54) is 18.2 Å². The molecule has 0 heterocycles. The molecule has 0 amide bonds. The molecule has 0 aromatic heterocycles. The van der Waals surface area contributed by atoms with Crippen molar-refractivity contribution in [3.8, 4) is 0 Å². The zero-order valence-electron chi connectivity index (χ0n) is 13.8. The molecule has 2 rings (SSSR count). The van der Waals surface area contributed by atoms with Crippen molar-refractivity contribution in [3.05, 3.63) is 57.6 Å². The highest BCUT2D eigenvalue weighted by Gasteiger charge is 2.20. The minimum absolute atomic E-state index is 0.0441. The molecule has 2 aromatic rings. The molecule has 0 spiro atoms. The van der Waals surface area contributed by atoms with Gasteiger partial charge in [0.05, 0.1) is 27.8 Å². The van der Waals surface area contributed by atoms with Gasteiger partial charge in [0.15, 0.2) is 0 Å². The predicted molar refractivity (Wildman–Crippen MR) is 95.4 cm³/mol. The normalized spacial score (nSPS) is 11.2. The summed E-state index contributed by atoms with van der Waals surface area (Å²) in [6.07, 6.45) is 0. The van der Waals surface area contributed by atoms with Gasteiger partial charge in [-0.15, -0.1) is 0 Å². The Hall–Kier alpha value is -2.65. The van der Waals surface area contributed by atoms with E-state index in [0.717, 1.165) is 11.6 Å². The molecule has 0 atom stereocenters. The number of benzene rings is 2. The van der Waals surface area contributed by atoms with Crippen molar-refractivity contribution < 1.29 is 18.4 Å². The summed E-state index contributed by atoms with van der Waals surface area (Å²) in [5.74, 6) is 0. The van der Waals surface area contributed by atoms with Gasteiger partial charge >= 0.3 is 0 Å². The summed E-state index contributed by atoms with van der Waals surface area (Å²) in [5.41, 5.74) is 1.64. The molecule has 0 radical (unpaired) electrons. The fourth-order valence-corrected chi connectivity index (χ4v) is 3.67. The van der Waals surface area contributed by atoms with Crippen LogP contribution in [0.5, 0.6) is 0 Å². The van der Waals surface area contributed by atoms with Gasteiger partial charge in [-0.2, -0.15) is 0 Å². The van der Waals surface area contributed by atoms with Gasteiger partial charge in [0.25, 0.3) is 15.7 Å². The molecule has 0 bridgehead atoms. The monoisotopic (exact) mass is 365 g/mol. The summed E-state index contributed by atoms with van der Waals surface area (Å²) in [4.78, 5) is 10.5. The van der Waals surface area contributed by atoms with Crippen LogP contribution in [0, 0.1) is 24.0 Å². The van der Waals surface area contributed by atoms with Crippen LogP contribution in [0.1, 0.15) is 11.1 Å². The molecule has 0 aliphatic carbocycles. The topological polar surface area (TPSA) is 122 Å². The second-order valence-corrected chi connectivity index (χ2v) is 7.16. The lowest BCUT2D eigenvalue weighted by atomic mass is 10.2. The number of anilines is 2. The van der Waals surface area contributed by atoms with Gasteiger partial charge in [-0.3, -0.25) is 14.8 Å². The summed E-state index contributed by atoms with van der Waals surface area (Å²) in [5, 5.41) is 22.7. The Labute approximate surface area is 145 Å². The fourth-order valence-electron chi connectivity index (χ4n) is 2.38. The number of nitrogens with one attached hydrogen (secondary N) is 2. The zero-order valence-corrected chi connectivity index (χ0v) is 14.6. The van der Waals surface area contributed by atoms with Crippen molar-refractivity contribution in [2.45, 2.75) is 18.7 Å². The summed E-state index contributed by atoms with van der Waals surface area (Å²) < 4.78 is 27.8. The molecule has 3 N–H and O–H groups in total. The van der Waals surface area contributed by atoms with E-state index in [9.17, 15) is 18.5 Å². The van der Waals surface area contributed by atoms with E-state index in [2.05, 4.69) is 10.0 Å². The van der Waals surface area contributed by atoms with Crippen LogP contribution in [0.2, 0.25) is 0 Å². The summed E-state index contributed by atoms with van der Waals surface area (Å²) in [7, 11) is -3.93. The van der Waals surface area contributed by atoms with Gasteiger partial charge in [0.1, 0.15) is 0 Å². The van der Waals surface area contributed by atoms with Crippen LogP contribution >= 0.6 is 0 Å². The van der Waals surface area contributed by atoms with Crippen molar-refractivity contribution in [3.63, 3.8) is 0 Å². The van der Waals surface area contributed by atoms with E-state index < -0.39 is 14.9 Å². The molecular weight excluding hydrogens is 346 g/mol. The predicted octanol–water partition coefficient (Wildman–Crippen LogP) is 2.42. The maximum atomic E-state index is 12.7. The number of rotatable bonds is 7. The Morgan fingerprint density at radius 1 is 1.12 bits per heavy atom. The Bertz CT molecular complexity index is 897. The maximum Gasteiger partial charge on any atom is 0.271 e. The first-order chi connectivity index (χ1) is 11.7. The van der Waals surface area contributed by atoms with E-state index in [1.807, 2.05) is 6.92 Å². The van der Waals surface area contributed by atoms with Crippen LogP contribution in [-0.2, 0) is 10.0 Å². The molecule has 0 unspecified atom stereocenters. The van der Waals surface area contributed by atoms with Gasteiger partial charge in [0, 0.05) is 18.7 Å². The zero-order chi connectivity index (χ0) is 18.6. The number of aliphatic hydroxyl groups excluding tert-OH is 1. The van der Waals surface area contributed by atoms with Crippen molar-refractivity contribution >= 4 is 27.1 Å². The number of sulfonamides is 1. The third kappa shape index (κ3) is 4.46. The first-order valence-corrected chi connectivity index (χ1v) is 8.96. The number of nitro benzene ring substituents is 1. The quantitative estimate of drug-likeness (QED) is 0.512. The van der Waals surface area contributed by atoms with Gasteiger partial charge in [-0.1, -0.05) is 17.7 Å².